The maximum atomic E-state index is 12.6. The highest BCUT2D eigenvalue weighted by atomic mass is 16.2. The van der Waals surface area contributed by atoms with E-state index in [2.05, 4.69) is 17.1 Å². The number of benzene rings is 1. The number of anilines is 1. The Morgan fingerprint density at radius 3 is 2.80 bits per heavy atom. The van der Waals surface area contributed by atoms with Crippen molar-refractivity contribution in [1.29, 1.82) is 0 Å². The van der Waals surface area contributed by atoms with E-state index in [1.54, 1.807) is 6.20 Å². The van der Waals surface area contributed by atoms with Crippen LogP contribution in [0.4, 0.5) is 5.69 Å². The number of hydrogen-bond donors (Lipinski definition) is 0. The van der Waals surface area contributed by atoms with E-state index in [9.17, 15) is 4.79 Å². The number of carbonyl (C=O) groups excluding carboxylic acids is 1. The highest BCUT2D eigenvalue weighted by Gasteiger charge is 2.31. The Labute approximate surface area is 117 Å². The fraction of sp³-hybridized carbons (Fsp3) is 0.188. The molecule has 2 heterocycles. The summed E-state index contributed by atoms with van der Waals surface area (Å²) in [6, 6.07) is 11.5. The molecule has 4 heteroatoms. The summed E-state index contributed by atoms with van der Waals surface area (Å²) in [5, 5.41) is 7.87. The van der Waals surface area contributed by atoms with Crippen molar-refractivity contribution in [3.8, 4) is 0 Å². The van der Waals surface area contributed by atoms with Gasteiger partial charge in [0.25, 0.3) is 5.91 Å². The van der Waals surface area contributed by atoms with Gasteiger partial charge in [-0.1, -0.05) is 25.1 Å². The van der Waals surface area contributed by atoms with Crippen molar-refractivity contribution in [1.82, 2.24) is 10.2 Å². The normalized spacial score (nSPS) is 15.8. The minimum Gasteiger partial charge on any atom is -0.308 e. The van der Waals surface area contributed by atoms with E-state index in [-0.39, 0.29) is 5.91 Å². The summed E-state index contributed by atoms with van der Waals surface area (Å²) in [7, 11) is 0. The van der Waals surface area contributed by atoms with Crippen LogP contribution >= 0.6 is 0 Å². The van der Waals surface area contributed by atoms with E-state index in [1.807, 2.05) is 47.4 Å². The third-order valence-electron chi connectivity index (χ3n) is 3.29. The molecule has 0 saturated carbocycles. The van der Waals surface area contributed by atoms with Crippen molar-refractivity contribution < 1.29 is 4.79 Å². The molecule has 1 aliphatic rings. The molecule has 1 aromatic carbocycles. The first-order chi connectivity index (χ1) is 9.81. The van der Waals surface area contributed by atoms with E-state index in [0.29, 0.717) is 11.3 Å². The monoisotopic (exact) mass is 265 g/mol. The van der Waals surface area contributed by atoms with Gasteiger partial charge in [-0.2, -0.15) is 10.2 Å². The largest absolute Gasteiger partial charge is 0.308 e. The summed E-state index contributed by atoms with van der Waals surface area (Å²) in [6.45, 7) is 2.80. The van der Waals surface area contributed by atoms with Crippen LogP contribution in [0.3, 0.4) is 0 Å². The molecule has 1 aromatic heterocycles. The topological polar surface area (TPSA) is 46.1 Å². The number of amides is 1. The van der Waals surface area contributed by atoms with Gasteiger partial charge in [0, 0.05) is 18.3 Å². The van der Waals surface area contributed by atoms with Crippen LogP contribution in [0.1, 0.15) is 24.6 Å². The molecule has 0 unspecified atom stereocenters. The molecule has 3 rings (SSSR count). The first kappa shape index (κ1) is 12.5. The summed E-state index contributed by atoms with van der Waals surface area (Å²) in [6.07, 6.45) is 4.36. The Morgan fingerprint density at radius 2 is 2.05 bits per heavy atom. The molecule has 100 valence electrons. The Bertz CT molecular complexity index is 664. The second-order valence-electron chi connectivity index (χ2n) is 4.68. The smallest absolute Gasteiger partial charge is 0.259 e. The van der Waals surface area contributed by atoms with Gasteiger partial charge in [-0.15, -0.1) is 0 Å². The molecular formula is C16H15N3O. The molecular weight excluding hydrogens is 250 g/mol. The average molecular weight is 265 g/mol. The number of carbonyl (C=O) groups is 1. The average Bonchev–Trinajstić information content (AvgIpc) is 2.75. The molecule has 2 aromatic rings. The van der Waals surface area contributed by atoms with Crippen molar-refractivity contribution >= 4 is 23.2 Å². The Kier molecular flexibility index (Phi) is 3.29. The second kappa shape index (κ2) is 5.25. The van der Waals surface area contributed by atoms with Crippen molar-refractivity contribution in [3.63, 3.8) is 0 Å². The van der Waals surface area contributed by atoms with Crippen molar-refractivity contribution in [2.45, 2.75) is 13.3 Å². The second-order valence-corrected chi connectivity index (χ2v) is 4.68. The first-order valence-corrected chi connectivity index (χ1v) is 6.72. The molecule has 0 N–H and O–H groups in total. The summed E-state index contributed by atoms with van der Waals surface area (Å²) in [5.74, 6) is 0.0405. The van der Waals surface area contributed by atoms with Gasteiger partial charge in [0.1, 0.15) is 0 Å². The van der Waals surface area contributed by atoms with Crippen molar-refractivity contribution in [3.05, 3.63) is 53.9 Å². The molecule has 0 radical (unpaired) electrons. The minimum atomic E-state index is 0.0405. The molecule has 1 amide bonds. The van der Waals surface area contributed by atoms with Crippen LogP contribution in [0.5, 0.6) is 0 Å². The fourth-order valence-corrected chi connectivity index (χ4v) is 2.43. The number of hydrogen-bond acceptors (Lipinski definition) is 3. The van der Waals surface area contributed by atoms with Crippen LogP contribution in [0.25, 0.3) is 11.6 Å². The van der Waals surface area contributed by atoms with Gasteiger partial charge in [0.05, 0.1) is 17.0 Å². The molecule has 0 aliphatic carbocycles. The van der Waals surface area contributed by atoms with Gasteiger partial charge < -0.3 is 4.90 Å². The lowest BCUT2D eigenvalue weighted by Gasteiger charge is -2.15. The van der Waals surface area contributed by atoms with Gasteiger partial charge in [-0.3, -0.25) is 4.79 Å². The number of rotatable bonds is 3. The van der Waals surface area contributed by atoms with Gasteiger partial charge in [-0.25, -0.2) is 0 Å². The zero-order chi connectivity index (χ0) is 13.9. The van der Waals surface area contributed by atoms with E-state index < -0.39 is 0 Å². The molecule has 0 fully saturated rings. The maximum absolute atomic E-state index is 12.6. The summed E-state index contributed by atoms with van der Waals surface area (Å²) < 4.78 is 0. The molecule has 20 heavy (non-hydrogen) atoms. The highest BCUT2D eigenvalue weighted by molar-refractivity contribution is 6.35. The SMILES string of the molecule is CCCN1C(=O)C(=Cc2cccnn2)c2ccccc21. The minimum absolute atomic E-state index is 0.0405. The molecule has 1 aliphatic heterocycles. The molecule has 0 atom stereocenters. The first-order valence-electron chi connectivity index (χ1n) is 6.72. The van der Waals surface area contributed by atoms with Crippen LogP contribution in [0, 0.1) is 0 Å². The molecule has 0 saturated heterocycles. The summed E-state index contributed by atoms with van der Waals surface area (Å²) >= 11 is 0. The van der Waals surface area contributed by atoms with Crippen molar-refractivity contribution in [2.24, 2.45) is 0 Å². The predicted molar refractivity (Wildman–Crippen MR) is 79.0 cm³/mol. The van der Waals surface area contributed by atoms with Gasteiger partial charge >= 0.3 is 0 Å². The van der Waals surface area contributed by atoms with Gasteiger partial charge in [0.15, 0.2) is 0 Å². The molecule has 0 bridgehead atoms. The van der Waals surface area contributed by atoms with Gasteiger partial charge in [0.2, 0.25) is 0 Å². The fourth-order valence-electron chi connectivity index (χ4n) is 2.43. The number of nitrogens with zero attached hydrogens (tertiary/aromatic N) is 3. The third-order valence-corrected chi connectivity index (χ3v) is 3.29. The van der Waals surface area contributed by atoms with E-state index in [4.69, 9.17) is 0 Å². The lowest BCUT2D eigenvalue weighted by atomic mass is 10.1. The zero-order valence-corrected chi connectivity index (χ0v) is 11.3. The quantitative estimate of drug-likeness (QED) is 0.802. The summed E-state index contributed by atoms with van der Waals surface area (Å²) in [5.41, 5.74) is 3.34. The van der Waals surface area contributed by atoms with Crippen molar-refractivity contribution in [2.75, 3.05) is 11.4 Å². The lowest BCUT2D eigenvalue weighted by Crippen LogP contribution is -2.26. The number of aromatic nitrogens is 2. The lowest BCUT2D eigenvalue weighted by molar-refractivity contribution is -0.113. The Balaban J connectivity index is 2.09. The highest BCUT2D eigenvalue weighted by Crippen LogP contribution is 2.37. The number of fused-ring (bicyclic) bond motifs is 1. The number of para-hydroxylation sites is 1. The van der Waals surface area contributed by atoms with E-state index in [1.165, 1.54) is 0 Å². The van der Waals surface area contributed by atoms with Crippen LogP contribution in [0.2, 0.25) is 0 Å². The van der Waals surface area contributed by atoms with Crippen LogP contribution < -0.4 is 4.90 Å². The molecule has 0 spiro atoms. The van der Waals surface area contributed by atoms with Gasteiger partial charge in [-0.05, 0) is 30.7 Å². The van der Waals surface area contributed by atoms with E-state index >= 15 is 0 Å². The zero-order valence-electron chi connectivity index (χ0n) is 11.3. The standard InChI is InChI=1S/C16H15N3O/c1-2-10-19-15-8-4-3-7-13(15)14(16(19)20)11-12-6-5-9-17-18-12/h3-9,11H,2,10H2,1H3. The molecule has 4 nitrogen and oxygen atoms in total. The Hall–Kier alpha value is -2.49. The van der Waals surface area contributed by atoms with Crippen LogP contribution in [-0.2, 0) is 4.79 Å². The van der Waals surface area contributed by atoms with E-state index in [0.717, 1.165) is 24.2 Å². The predicted octanol–water partition coefficient (Wildman–Crippen LogP) is 2.77. The van der Waals surface area contributed by atoms with Crippen LogP contribution in [-0.4, -0.2) is 22.6 Å². The Morgan fingerprint density at radius 1 is 1.20 bits per heavy atom. The third kappa shape index (κ3) is 2.09. The maximum Gasteiger partial charge on any atom is 0.259 e. The van der Waals surface area contributed by atoms with Crippen LogP contribution in [0.15, 0.2) is 42.6 Å². The summed E-state index contributed by atoms with van der Waals surface area (Å²) in [4.78, 5) is 14.4.